The predicted molar refractivity (Wildman–Crippen MR) is 86.5 cm³/mol. The van der Waals surface area contributed by atoms with E-state index in [9.17, 15) is 0 Å². The zero-order valence-electron chi connectivity index (χ0n) is 11.6. The summed E-state index contributed by atoms with van der Waals surface area (Å²) in [6.45, 7) is 15.3. The van der Waals surface area contributed by atoms with Gasteiger partial charge in [-0.05, 0) is 54.0 Å². The molecule has 0 aliphatic rings. The van der Waals surface area contributed by atoms with Gasteiger partial charge in [0, 0.05) is 5.69 Å². The fraction of sp³-hybridized carbons (Fsp3) is 0.222. The molecule has 0 spiro atoms. The van der Waals surface area contributed by atoms with Crippen LogP contribution in [0, 0.1) is 0 Å². The molecule has 0 saturated heterocycles. The number of nitrogens with two attached hydrogens (primary N) is 1. The van der Waals surface area contributed by atoms with E-state index in [1.807, 2.05) is 24.3 Å². The monoisotopic (exact) mass is 253 g/mol. The van der Waals surface area contributed by atoms with Crippen molar-refractivity contribution in [3.05, 3.63) is 78.9 Å². The summed E-state index contributed by atoms with van der Waals surface area (Å²) < 4.78 is 0. The van der Waals surface area contributed by atoms with Gasteiger partial charge in [0.25, 0.3) is 0 Å². The van der Waals surface area contributed by atoms with E-state index in [4.69, 9.17) is 5.73 Å². The highest BCUT2D eigenvalue weighted by atomic mass is 14.6. The number of nitrogen functional groups attached to an aromatic ring is 1. The summed E-state index contributed by atoms with van der Waals surface area (Å²) in [5, 5.41) is 0. The fourth-order valence-corrected chi connectivity index (χ4v) is 2.42. The average Bonchev–Trinajstić information content (AvgIpc) is 2.38. The third-order valence-electron chi connectivity index (χ3n) is 3.20. The van der Waals surface area contributed by atoms with Crippen LogP contribution in [0.5, 0.6) is 0 Å². The van der Waals surface area contributed by atoms with E-state index in [0.29, 0.717) is 0 Å². The zero-order valence-corrected chi connectivity index (χ0v) is 11.6. The topological polar surface area (TPSA) is 26.0 Å². The van der Waals surface area contributed by atoms with Gasteiger partial charge in [0.2, 0.25) is 0 Å². The smallest absolute Gasteiger partial charge is 0.0355 e. The normalized spacial score (nSPS) is 9.89. The third-order valence-corrected chi connectivity index (χ3v) is 3.20. The van der Waals surface area contributed by atoms with Crippen molar-refractivity contribution >= 4 is 5.69 Å². The molecule has 0 aromatic heterocycles. The first-order valence-corrected chi connectivity index (χ1v) is 6.55. The molecular weight excluding hydrogens is 230 g/mol. The largest absolute Gasteiger partial charge is 0.398 e. The molecule has 1 aromatic rings. The molecule has 0 atom stereocenters. The van der Waals surface area contributed by atoms with Crippen molar-refractivity contribution in [3.8, 4) is 0 Å². The van der Waals surface area contributed by atoms with E-state index >= 15 is 0 Å². The van der Waals surface area contributed by atoms with Crippen molar-refractivity contribution in [2.24, 2.45) is 0 Å². The van der Waals surface area contributed by atoms with Crippen molar-refractivity contribution in [2.75, 3.05) is 5.73 Å². The maximum atomic E-state index is 6.19. The highest BCUT2D eigenvalue weighted by Gasteiger charge is 2.13. The van der Waals surface area contributed by atoms with Crippen molar-refractivity contribution in [1.29, 1.82) is 0 Å². The molecule has 1 heteroatoms. The van der Waals surface area contributed by atoms with Crippen molar-refractivity contribution in [3.63, 3.8) is 0 Å². The number of anilines is 1. The Morgan fingerprint density at radius 3 is 1.74 bits per heavy atom. The molecule has 0 fully saturated rings. The standard InChI is InChI=1S/C18H23N/c1-5-9-14-13-18(19)17(12-8-4)16(11-7-3)15(14)10-6-2/h5-8,13H,1-4,9-12,19H2. The SMILES string of the molecule is C=CCc1cc(N)c(CC=C)c(CC=C)c1CC=C. The molecule has 1 nitrogen and oxygen atoms in total. The van der Waals surface area contributed by atoms with E-state index in [1.54, 1.807) is 0 Å². The minimum absolute atomic E-state index is 0.785. The molecule has 19 heavy (non-hydrogen) atoms. The molecule has 0 radical (unpaired) electrons. The molecule has 100 valence electrons. The predicted octanol–water partition coefficient (Wildman–Crippen LogP) is 4.18. The van der Waals surface area contributed by atoms with E-state index < -0.39 is 0 Å². The number of rotatable bonds is 8. The Hall–Kier alpha value is -2.02. The summed E-state index contributed by atoms with van der Waals surface area (Å²) in [5.41, 5.74) is 12.0. The van der Waals surface area contributed by atoms with Crippen LogP contribution in [0.3, 0.4) is 0 Å². The number of hydrogen-bond donors (Lipinski definition) is 1. The lowest BCUT2D eigenvalue weighted by molar-refractivity contribution is 1.05. The van der Waals surface area contributed by atoms with Crippen LogP contribution >= 0.6 is 0 Å². The summed E-state index contributed by atoms with van der Waals surface area (Å²) in [4.78, 5) is 0. The quantitative estimate of drug-likeness (QED) is 0.546. The Labute approximate surface area is 116 Å². The summed E-state index contributed by atoms with van der Waals surface area (Å²) in [6.07, 6.45) is 10.9. The first-order valence-electron chi connectivity index (χ1n) is 6.55. The molecule has 1 aromatic carbocycles. The van der Waals surface area contributed by atoms with Crippen molar-refractivity contribution < 1.29 is 0 Å². The molecule has 2 N–H and O–H groups in total. The van der Waals surface area contributed by atoms with Crippen LogP contribution in [0.1, 0.15) is 22.3 Å². The van der Waals surface area contributed by atoms with Crippen LogP contribution in [0.4, 0.5) is 5.69 Å². The van der Waals surface area contributed by atoms with Crippen molar-refractivity contribution in [1.82, 2.24) is 0 Å². The molecule has 0 unspecified atom stereocenters. The van der Waals surface area contributed by atoms with Gasteiger partial charge in [0.15, 0.2) is 0 Å². The van der Waals surface area contributed by atoms with Gasteiger partial charge in [-0.3, -0.25) is 0 Å². The second-order valence-corrected chi connectivity index (χ2v) is 4.53. The maximum absolute atomic E-state index is 6.19. The number of hydrogen-bond acceptors (Lipinski definition) is 1. The Morgan fingerprint density at radius 2 is 1.21 bits per heavy atom. The Kier molecular flexibility index (Phi) is 5.87. The number of benzene rings is 1. The van der Waals surface area contributed by atoms with E-state index in [0.717, 1.165) is 31.4 Å². The zero-order chi connectivity index (χ0) is 14.3. The lowest BCUT2D eigenvalue weighted by Gasteiger charge is -2.18. The second kappa shape index (κ2) is 7.42. The van der Waals surface area contributed by atoms with Gasteiger partial charge in [-0.1, -0.05) is 24.3 Å². The maximum Gasteiger partial charge on any atom is 0.0355 e. The van der Waals surface area contributed by atoms with E-state index in [1.165, 1.54) is 22.3 Å². The number of allylic oxidation sites excluding steroid dienone is 4. The first kappa shape index (κ1) is 15.0. The Bertz CT molecular complexity index is 495. The third kappa shape index (κ3) is 3.47. The van der Waals surface area contributed by atoms with Crippen LogP contribution in [-0.4, -0.2) is 0 Å². The van der Waals surface area contributed by atoms with E-state index in [-0.39, 0.29) is 0 Å². The van der Waals surface area contributed by atoms with E-state index in [2.05, 4.69) is 32.4 Å². The average molecular weight is 253 g/mol. The minimum atomic E-state index is 0.785. The highest BCUT2D eigenvalue weighted by molar-refractivity contribution is 5.59. The van der Waals surface area contributed by atoms with Gasteiger partial charge in [-0.15, -0.1) is 26.3 Å². The molecule has 0 saturated carbocycles. The highest BCUT2D eigenvalue weighted by Crippen LogP contribution is 2.28. The van der Waals surface area contributed by atoms with Crippen LogP contribution in [0.2, 0.25) is 0 Å². The molecule has 0 heterocycles. The van der Waals surface area contributed by atoms with Crippen molar-refractivity contribution in [2.45, 2.75) is 25.7 Å². The summed E-state index contributed by atoms with van der Waals surface area (Å²) in [5.74, 6) is 0. The fourth-order valence-electron chi connectivity index (χ4n) is 2.42. The van der Waals surface area contributed by atoms with Crippen LogP contribution < -0.4 is 5.73 Å². The van der Waals surface area contributed by atoms with Gasteiger partial charge in [-0.2, -0.15) is 0 Å². The van der Waals surface area contributed by atoms with Gasteiger partial charge in [0.05, 0.1) is 0 Å². The summed E-state index contributed by atoms with van der Waals surface area (Å²) in [6, 6.07) is 2.06. The molecule has 0 aliphatic carbocycles. The van der Waals surface area contributed by atoms with Crippen LogP contribution in [0.25, 0.3) is 0 Å². The van der Waals surface area contributed by atoms with Gasteiger partial charge < -0.3 is 5.73 Å². The second-order valence-electron chi connectivity index (χ2n) is 4.53. The van der Waals surface area contributed by atoms with Gasteiger partial charge in [-0.25, -0.2) is 0 Å². The first-order chi connectivity index (χ1) is 9.19. The Balaban J connectivity index is 3.52. The van der Waals surface area contributed by atoms with Crippen LogP contribution in [-0.2, 0) is 25.7 Å². The lowest BCUT2D eigenvalue weighted by atomic mass is 9.88. The van der Waals surface area contributed by atoms with Gasteiger partial charge >= 0.3 is 0 Å². The molecule has 0 aliphatic heterocycles. The van der Waals surface area contributed by atoms with Crippen LogP contribution in [0.15, 0.2) is 56.7 Å². The molecule has 0 bridgehead atoms. The van der Waals surface area contributed by atoms with Gasteiger partial charge in [0.1, 0.15) is 0 Å². The molecule has 0 amide bonds. The Morgan fingerprint density at radius 1 is 0.737 bits per heavy atom. The molecule has 1 rings (SSSR count). The minimum Gasteiger partial charge on any atom is -0.398 e. The summed E-state index contributed by atoms with van der Waals surface area (Å²) in [7, 11) is 0. The molecular formula is C18H23N. The lowest BCUT2D eigenvalue weighted by Crippen LogP contribution is -2.07. The summed E-state index contributed by atoms with van der Waals surface area (Å²) >= 11 is 0.